The summed E-state index contributed by atoms with van der Waals surface area (Å²) in [5, 5.41) is 27.9. The van der Waals surface area contributed by atoms with Gasteiger partial charge >= 0.3 is 11.8 Å². The van der Waals surface area contributed by atoms with Gasteiger partial charge in [0.1, 0.15) is 29.7 Å². The van der Waals surface area contributed by atoms with Gasteiger partial charge in [0.15, 0.2) is 12.2 Å². The van der Waals surface area contributed by atoms with Gasteiger partial charge in [0, 0.05) is 17.2 Å². The maximum absolute atomic E-state index is 15.7. The zero-order valence-corrected chi connectivity index (χ0v) is 19.3. The minimum absolute atomic E-state index is 0.191. The topological polar surface area (TPSA) is 106 Å². The summed E-state index contributed by atoms with van der Waals surface area (Å²) in [6.07, 6.45) is 0.748. The fraction of sp³-hybridized carbons (Fsp3) is 0.250. The molecule has 0 aliphatic carbocycles. The minimum atomic E-state index is -4.28. The molecule has 38 heavy (non-hydrogen) atoms. The number of ether oxygens (including phenoxy) is 1. The summed E-state index contributed by atoms with van der Waals surface area (Å²) in [5.74, 6) is -10.5. The third-order valence-corrected chi connectivity index (χ3v) is 5.72. The van der Waals surface area contributed by atoms with Crippen LogP contribution in [-0.4, -0.2) is 34.9 Å². The lowest BCUT2D eigenvalue weighted by Crippen LogP contribution is -2.53. The number of nitriles is 1. The van der Waals surface area contributed by atoms with Gasteiger partial charge < -0.3 is 9.84 Å². The molecule has 0 fully saturated rings. The SMILES string of the molecule is N#Cc1ccc(C(F)(F)COc2ccc(C(F)(F)C(O)(CN3CN=NN3)c3ccc(F)cc3F)nc2)cc1. The van der Waals surface area contributed by atoms with Crippen molar-refractivity contribution in [2.24, 2.45) is 10.3 Å². The first kappa shape index (κ1) is 26.8. The van der Waals surface area contributed by atoms with Crippen molar-refractivity contribution >= 4 is 0 Å². The number of alkyl halides is 4. The van der Waals surface area contributed by atoms with Gasteiger partial charge in [0.25, 0.3) is 0 Å². The molecular formula is C24H18F6N6O2. The smallest absolute Gasteiger partial charge is 0.323 e. The van der Waals surface area contributed by atoms with Crippen molar-refractivity contribution in [3.05, 3.63) is 94.8 Å². The van der Waals surface area contributed by atoms with Gasteiger partial charge in [-0.2, -0.15) is 32.9 Å². The Hall–Kier alpha value is -4.22. The molecule has 0 spiro atoms. The first-order valence-electron chi connectivity index (χ1n) is 10.9. The van der Waals surface area contributed by atoms with Crippen LogP contribution < -0.4 is 10.3 Å². The lowest BCUT2D eigenvalue weighted by atomic mass is 9.84. The van der Waals surface area contributed by atoms with Crippen LogP contribution in [0.1, 0.15) is 22.4 Å². The second-order valence-corrected chi connectivity index (χ2v) is 8.30. The van der Waals surface area contributed by atoms with E-state index in [1.165, 1.54) is 12.1 Å². The molecule has 0 amide bonds. The van der Waals surface area contributed by atoms with Gasteiger partial charge in [0.05, 0.1) is 24.4 Å². The summed E-state index contributed by atoms with van der Waals surface area (Å²) in [6, 6.07) is 9.78. The Kier molecular flexibility index (Phi) is 7.25. The number of nitrogens with zero attached hydrogens (tertiary/aromatic N) is 5. The molecule has 1 unspecified atom stereocenters. The molecule has 0 saturated carbocycles. The Balaban J connectivity index is 1.57. The monoisotopic (exact) mass is 536 g/mol. The summed E-state index contributed by atoms with van der Waals surface area (Å²) >= 11 is 0. The molecule has 2 heterocycles. The van der Waals surface area contributed by atoms with Gasteiger partial charge in [-0.3, -0.25) is 4.98 Å². The average molecular weight is 536 g/mol. The molecule has 2 N–H and O–H groups in total. The Bertz CT molecular complexity index is 1360. The zero-order valence-electron chi connectivity index (χ0n) is 19.3. The van der Waals surface area contributed by atoms with Crippen LogP contribution >= 0.6 is 0 Å². The molecule has 0 saturated heterocycles. The number of halogens is 6. The molecule has 4 rings (SSSR count). The van der Waals surface area contributed by atoms with Crippen LogP contribution in [0, 0.1) is 23.0 Å². The largest absolute Gasteiger partial charge is 0.485 e. The third-order valence-electron chi connectivity index (χ3n) is 5.72. The van der Waals surface area contributed by atoms with Crippen LogP contribution in [0.3, 0.4) is 0 Å². The van der Waals surface area contributed by atoms with E-state index in [-0.39, 0.29) is 18.0 Å². The van der Waals surface area contributed by atoms with E-state index in [4.69, 9.17) is 10.00 Å². The molecular weight excluding hydrogens is 518 g/mol. The van der Waals surface area contributed by atoms with Gasteiger partial charge in [0.2, 0.25) is 0 Å². The molecule has 2 aromatic carbocycles. The van der Waals surface area contributed by atoms with E-state index in [2.05, 4.69) is 20.9 Å². The first-order valence-corrected chi connectivity index (χ1v) is 10.9. The van der Waals surface area contributed by atoms with Crippen LogP contribution in [0.2, 0.25) is 0 Å². The predicted molar refractivity (Wildman–Crippen MR) is 118 cm³/mol. The zero-order chi connectivity index (χ0) is 27.6. The molecule has 1 aromatic heterocycles. The van der Waals surface area contributed by atoms with Crippen LogP contribution in [-0.2, 0) is 17.4 Å². The minimum Gasteiger partial charge on any atom is -0.485 e. The molecule has 14 heteroatoms. The molecule has 198 valence electrons. The van der Waals surface area contributed by atoms with Crippen molar-refractivity contribution in [1.29, 1.82) is 5.26 Å². The summed E-state index contributed by atoms with van der Waals surface area (Å²) < 4.78 is 93.5. The van der Waals surface area contributed by atoms with Crippen LogP contribution in [0.4, 0.5) is 26.3 Å². The van der Waals surface area contributed by atoms with Gasteiger partial charge in [-0.15, -0.1) is 0 Å². The molecule has 1 aliphatic rings. The van der Waals surface area contributed by atoms with E-state index >= 15 is 8.78 Å². The normalized spacial score (nSPS) is 15.5. The highest BCUT2D eigenvalue weighted by Gasteiger charge is 2.58. The predicted octanol–water partition coefficient (Wildman–Crippen LogP) is 4.53. The summed E-state index contributed by atoms with van der Waals surface area (Å²) in [4.78, 5) is 3.56. The van der Waals surface area contributed by atoms with Gasteiger partial charge in [-0.1, -0.05) is 23.4 Å². The Morgan fingerprint density at radius 1 is 1.05 bits per heavy atom. The molecule has 0 bridgehead atoms. The standard InChI is InChI=1S/C24H18F6N6O2/c25-17-5-7-19(20(26)9-17)22(37,12-36-14-33-34-35-36)24(29,30)21-8-6-18(11-32-21)38-13-23(27,28)16-3-1-15(10-31)2-4-16/h1-9,11,37H,12-14H2,(H,33,35). The maximum atomic E-state index is 15.7. The van der Waals surface area contributed by atoms with Crippen molar-refractivity contribution in [1.82, 2.24) is 15.5 Å². The summed E-state index contributed by atoms with van der Waals surface area (Å²) in [6.45, 7) is -2.34. The van der Waals surface area contributed by atoms with Gasteiger partial charge in [-0.05, 0) is 30.3 Å². The molecule has 8 nitrogen and oxygen atoms in total. The molecule has 1 atom stereocenters. The van der Waals surface area contributed by atoms with Crippen molar-refractivity contribution in [3.8, 4) is 11.8 Å². The van der Waals surface area contributed by atoms with Crippen LogP contribution in [0.5, 0.6) is 5.75 Å². The number of benzene rings is 2. The van der Waals surface area contributed by atoms with E-state index in [0.29, 0.717) is 18.2 Å². The fourth-order valence-electron chi connectivity index (χ4n) is 3.68. The number of hydrazine groups is 1. The number of hydrogen-bond acceptors (Lipinski definition) is 8. The maximum Gasteiger partial charge on any atom is 0.323 e. The summed E-state index contributed by atoms with van der Waals surface area (Å²) in [5.41, 5.74) is -3.20. The Morgan fingerprint density at radius 2 is 1.79 bits per heavy atom. The van der Waals surface area contributed by atoms with Crippen molar-refractivity contribution in [2.45, 2.75) is 17.4 Å². The molecule has 1 aliphatic heterocycles. The van der Waals surface area contributed by atoms with Gasteiger partial charge in [-0.25, -0.2) is 14.3 Å². The second kappa shape index (κ2) is 10.3. The van der Waals surface area contributed by atoms with Crippen LogP contribution in [0.25, 0.3) is 0 Å². The third kappa shape index (κ3) is 5.24. The summed E-state index contributed by atoms with van der Waals surface area (Å²) in [7, 11) is 0. The molecule has 3 aromatic rings. The number of hydrogen-bond donors (Lipinski definition) is 2. The lowest BCUT2D eigenvalue weighted by molar-refractivity contribution is -0.210. The number of rotatable bonds is 9. The highest BCUT2D eigenvalue weighted by Crippen LogP contribution is 2.46. The van der Waals surface area contributed by atoms with E-state index in [9.17, 15) is 22.7 Å². The fourth-order valence-corrected chi connectivity index (χ4v) is 3.68. The van der Waals surface area contributed by atoms with E-state index < -0.39 is 59.1 Å². The highest BCUT2D eigenvalue weighted by atomic mass is 19.3. The van der Waals surface area contributed by atoms with Crippen molar-refractivity contribution in [2.75, 3.05) is 19.8 Å². The quantitative estimate of drug-likeness (QED) is 0.390. The number of β-amino-alcohol motifs (C(OH)–C–C–N with tert-alkyl or cyclic N) is 1. The second-order valence-electron chi connectivity index (χ2n) is 8.30. The average Bonchev–Trinajstić information content (AvgIpc) is 3.40. The first-order chi connectivity index (χ1) is 18.0. The van der Waals surface area contributed by atoms with E-state index in [1.54, 1.807) is 0 Å². The Labute approximate surface area is 211 Å². The molecule has 0 radical (unpaired) electrons. The number of nitrogens with one attached hydrogen (secondary N) is 1. The van der Waals surface area contributed by atoms with E-state index in [0.717, 1.165) is 35.5 Å². The number of aromatic nitrogens is 1. The van der Waals surface area contributed by atoms with Crippen LogP contribution in [0.15, 0.2) is 71.1 Å². The van der Waals surface area contributed by atoms with E-state index in [1.807, 2.05) is 6.07 Å². The lowest BCUT2D eigenvalue weighted by Gasteiger charge is -2.38. The number of aliphatic hydroxyl groups is 1. The highest BCUT2D eigenvalue weighted by molar-refractivity contribution is 5.34. The Morgan fingerprint density at radius 3 is 2.37 bits per heavy atom. The van der Waals surface area contributed by atoms with Crippen molar-refractivity contribution in [3.63, 3.8) is 0 Å². The number of pyridine rings is 1. The van der Waals surface area contributed by atoms with Crippen molar-refractivity contribution < 1.29 is 36.2 Å².